The van der Waals surface area contributed by atoms with Gasteiger partial charge in [-0.25, -0.2) is 0 Å². The molecule has 7 heteroatoms. The van der Waals surface area contributed by atoms with Crippen LogP contribution in [0, 0.1) is 11.8 Å². The van der Waals surface area contributed by atoms with Crippen LogP contribution in [-0.2, 0) is 9.59 Å². The molecule has 19 heavy (non-hydrogen) atoms. The number of nitrogens with one attached hydrogen (secondary N) is 1. The molecule has 0 aliphatic carbocycles. The summed E-state index contributed by atoms with van der Waals surface area (Å²) in [6.07, 6.45) is 2.11. The van der Waals surface area contributed by atoms with E-state index in [-0.39, 0.29) is 23.7 Å². The molecular formula is C12H20N4O3. The van der Waals surface area contributed by atoms with Crippen molar-refractivity contribution in [3.05, 3.63) is 0 Å². The number of hydrogen-bond acceptors (Lipinski definition) is 4. The fraction of sp³-hybridized carbons (Fsp3) is 0.750. The maximum Gasteiger partial charge on any atom is 0.233 e. The number of likely N-dealkylation sites (tertiary alicyclic amines) is 1. The van der Waals surface area contributed by atoms with Gasteiger partial charge in [-0.2, -0.15) is 0 Å². The van der Waals surface area contributed by atoms with Gasteiger partial charge in [-0.3, -0.25) is 9.59 Å². The first-order valence-electron chi connectivity index (χ1n) is 6.58. The van der Waals surface area contributed by atoms with Gasteiger partial charge in [0.1, 0.15) is 0 Å². The average molecular weight is 268 g/mol. The van der Waals surface area contributed by atoms with Gasteiger partial charge in [-0.05, 0) is 25.7 Å². The summed E-state index contributed by atoms with van der Waals surface area (Å²) in [4.78, 5) is 25.3. The summed E-state index contributed by atoms with van der Waals surface area (Å²) in [6, 6.07) is 0.185. The van der Waals surface area contributed by atoms with Crippen LogP contribution in [-0.4, -0.2) is 46.9 Å². The van der Waals surface area contributed by atoms with Crippen molar-refractivity contribution >= 4 is 17.6 Å². The highest BCUT2D eigenvalue weighted by Crippen LogP contribution is 2.26. The third kappa shape index (κ3) is 2.80. The van der Waals surface area contributed by atoms with E-state index in [1.807, 2.05) is 0 Å². The molecule has 0 saturated carbocycles. The third-order valence-corrected chi connectivity index (χ3v) is 4.06. The van der Waals surface area contributed by atoms with E-state index in [9.17, 15) is 9.59 Å². The molecule has 2 saturated heterocycles. The van der Waals surface area contributed by atoms with E-state index in [2.05, 4.69) is 10.5 Å². The molecule has 7 nitrogen and oxygen atoms in total. The Hall–Kier alpha value is -1.79. The zero-order valence-electron chi connectivity index (χ0n) is 11.0. The molecule has 3 unspecified atom stereocenters. The average Bonchev–Trinajstić information content (AvgIpc) is 2.44. The van der Waals surface area contributed by atoms with E-state index in [1.54, 1.807) is 11.8 Å². The summed E-state index contributed by atoms with van der Waals surface area (Å²) in [5, 5.41) is 14.5. The van der Waals surface area contributed by atoms with E-state index in [0.717, 1.165) is 12.8 Å². The van der Waals surface area contributed by atoms with Crippen molar-refractivity contribution in [2.24, 2.45) is 22.7 Å². The largest absolute Gasteiger partial charge is 0.409 e. The molecule has 0 spiro atoms. The second-order valence-electron chi connectivity index (χ2n) is 5.29. The summed E-state index contributed by atoms with van der Waals surface area (Å²) in [7, 11) is 0. The van der Waals surface area contributed by atoms with Gasteiger partial charge in [0.2, 0.25) is 11.8 Å². The molecule has 2 fully saturated rings. The van der Waals surface area contributed by atoms with Crippen molar-refractivity contribution in [1.29, 1.82) is 0 Å². The first-order valence-corrected chi connectivity index (χ1v) is 6.58. The topological polar surface area (TPSA) is 108 Å². The van der Waals surface area contributed by atoms with Crippen molar-refractivity contribution in [2.45, 2.75) is 32.2 Å². The van der Waals surface area contributed by atoms with Gasteiger partial charge in [-0.15, -0.1) is 0 Å². The zero-order valence-corrected chi connectivity index (χ0v) is 11.0. The molecule has 2 aliphatic heterocycles. The van der Waals surface area contributed by atoms with Crippen LogP contribution in [0.1, 0.15) is 26.2 Å². The van der Waals surface area contributed by atoms with Crippen molar-refractivity contribution in [3.8, 4) is 0 Å². The Balaban J connectivity index is 1.97. The lowest BCUT2D eigenvalue weighted by molar-refractivity contribution is -0.136. The molecule has 4 N–H and O–H groups in total. The van der Waals surface area contributed by atoms with Crippen molar-refractivity contribution in [1.82, 2.24) is 10.2 Å². The number of hydrogen-bond donors (Lipinski definition) is 3. The van der Waals surface area contributed by atoms with Crippen molar-refractivity contribution in [2.75, 3.05) is 13.1 Å². The van der Waals surface area contributed by atoms with E-state index < -0.39 is 5.92 Å². The highest BCUT2D eigenvalue weighted by Gasteiger charge is 2.36. The molecule has 0 aromatic carbocycles. The Morgan fingerprint density at radius 3 is 3.00 bits per heavy atom. The van der Waals surface area contributed by atoms with Crippen LogP contribution in [0.3, 0.4) is 0 Å². The number of nitrogens with zero attached hydrogens (tertiary/aromatic N) is 2. The van der Waals surface area contributed by atoms with Gasteiger partial charge in [-0.1, -0.05) is 5.16 Å². The Bertz CT molecular complexity index is 410. The second kappa shape index (κ2) is 5.46. The number of carbonyl (C=O) groups is 2. The Morgan fingerprint density at radius 2 is 2.32 bits per heavy atom. The molecule has 0 radical (unpaired) electrons. The minimum atomic E-state index is -0.611. The number of piperidine rings is 2. The lowest BCUT2D eigenvalue weighted by Crippen LogP contribution is -2.56. The predicted molar refractivity (Wildman–Crippen MR) is 68.4 cm³/mol. The van der Waals surface area contributed by atoms with Gasteiger partial charge >= 0.3 is 0 Å². The first-order chi connectivity index (χ1) is 9.02. The SMILES string of the molecule is CC(C(=O)N1CCC2NC(=O)CCC2C1)C(N)=NO. The number of carbonyl (C=O) groups excluding carboxylic acids is 2. The van der Waals surface area contributed by atoms with E-state index >= 15 is 0 Å². The zero-order chi connectivity index (χ0) is 14.0. The Kier molecular flexibility index (Phi) is 3.92. The lowest BCUT2D eigenvalue weighted by Gasteiger charge is -2.42. The molecule has 2 aliphatic rings. The van der Waals surface area contributed by atoms with E-state index in [4.69, 9.17) is 10.9 Å². The number of nitrogens with two attached hydrogens (primary N) is 1. The van der Waals surface area contributed by atoms with Gasteiger partial charge in [0, 0.05) is 25.6 Å². The van der Waals surface area contributed by atoms with Crippen LogP contribution in [0.2, 0.25) is 0 Å². The van der Waals surface area contributed by atoms with Crippen molar-refractivity contribution in [3.63, 3.8) is 0 Å². The van der Waals surface area contributed by atoms with Crippen LogP contribution in [0.15, 0.2) is 5.16 Å². The van der Waals surface area contributed by atoms with Gasteiger partial charge in [0.05, 0.1) is 5.92 Å². The fourth-order valence-electron chi connectivity index (χ4n) is 2.80. The summed E-state index contributed by atoms with van der Waals surface area (Å²) in [6.45, 7) is 2.86. The molecule has 0 aromatic rings. The monoisotopic (exact) mass is 268 g/mol. The second-order valence-corrected chi connectivity index (χ2v) is 5.29. The van der Waals surface area contributed by atoms with Crippen LogP contribution in [0.25, 0.3) is 0 Å². The number of amides is 2. The first kappa shape index (κ1) is 13.6. The molecule has 3 atom stereocenters. The molecule has 2 heterocycles. The molecule has 2 amide bonds. The molecular weight excluding hydrogens is 248 g/mol. The lowest BCUT2D eigenvalue weighted by atomic mass is 9.85. The highest BCUT2D eigenvalue weighted by atomic mass is 16.4. The quantitative estimate of drug-likeness (QED) is 0.271. The normalized spacial score (nSPS) is 29.4. The van der Waals surface area contributed by atoms with Gasteiger partial charge in [0.15, 0.2) is 5.84 Å². The summed E-state index contributed by atoms with van der Waals surface area (Å²) >= 11 is 0. The summed E-state index contributed by atoms with van der Waals surface area (Å²) < 4.78 is 0. The van der Waals surface area contributed by atoms with Crippen LogP contribution < -0.4 is 11.1 Å². The van der Waals surface area contributed by atoms with Crippen LogP contribution >= 0.6 is 0 Å². The molecule has 2 rings (SSSR count). The maximum atomic E-state index is 12.2. The highest BCUT2D eigenvalue weighted by molar-refractivity contribution is 6.01. The Labute approximate surface area is 111 Å². The van der Waals surface area contributed by atoms with Gasteiger partial charge < -0.3 is 21.2 Å². The Morgan fingerprint density at radius 1 is 1.58 bits per heavy atom. The minimum absolute atomic E-state index is 0.0657. The van der Waals surface area contributed by atoms with Crippen LogP contribution in [0.5, 0.6) is 0 Å². The molecule has 0 bridgehead atoms. The third-order valence-electron chi connectivity index (χ3n) is 4.06. The standard InChI is InChI=1S/C12H20N4O3/c1-7(11(13)15-19)12(18)16-5-4-9-8(6-16)2-3-10(17)14-9/h7-9,19H,2-6H2,1H3,(H2,13,15)(H,14,17). The van der Waals surface area contributed by atoms with Crippen LogP contribution in [0.4, 0.5) is 0 Å². The molecule has 0 aromatic heterocycles. The van der Waals surface area contributed by atoms with Gasteiger partial charge in [0.25, 0.3) is 0 Å². The van der Waals surface area contributed by atoms with E-state index in [0.29, 0.717) is 25.4 Å². The number of oxime groups is 1. The summed E-state index contributed by atoms with van der Waals surface area (Å²) in [5.41, 5.74) is 5.47. The number of fused-ring (bicyclic) bond motifs is 1. The minimum Gasteiger partial charge on any atom is -0.409 e. The smallest absolute Gasteiger partial charge is 0.233 e. The predicted octanol–water partition coefficient (Wildman–Crippen LogP) is -0.504. The fourth-order valence-corrected chi connectivity index (χ4v) is 2.80. The summed E-state index contributed by atoms with van der Waals surface area (Å²) in [5.74, 6) is -0.379. The van der Waals surface area contributed by atoms with Crippen molar-refractivity contribution < 1.29 is 14.8 Å². The number of amidine groups is 1. The number of rotatable bonds is 2. The molecule has 106 valence electrons. The van der Waals surface area contributed by atoms with E-state index in [1.165, 1.54) is 0 Å². The maximum absolute atomic E-state index is 12.2.